The summed E-state index contributed by atoms with van der Waals surface area (Å²) >= 11 is 0. The van der Waals surface area contributed by atoms with Gasteiger partial charge in [0.25, 0.3) is 5.56 Å². The third kappa shape index (κ3) is 2.74. The number of nitrogens with zero attached hydrogens (tertiary/aromatic N) is 2. The minimum Gasteiger partial charge on any atom is -0.466 e. The van der Waals surface area contributed by atoms with Crippen LogP contribution in [0.15, 0.2) is 35.4 Å². The van der Waals surface area contributed by atoms with Gasteiger partial charge in [-0.2, -0.15) is 0 Å². The van der Waals surface area contributed by atoms with Gasteiger partial charge in [0.2, 0.25) is 0 Å². The number of aromatic nitrogens is 2. The number of hydrogen-bond acceptors (Lipinski definition) is 4. The first kappa shape index (κ1) is 12.3. The molecule has 0 saturated heterocycles. The van der Waals surface area contributed by atoms with E-state index in [-0.39, 0.29) is 11.5 Å². The predicted octanol–water partition coefficient (Wildman–Crippen LogP) is 1.35. The van der Waals surface area contributed by atoms with Crippen molar-refractivity contribution in [1.29, 1.82) is 0 Å². The van der Waals surface area contributed by atoms with Crippen molar-refractivity contribution in [3.63, 3.8) is 0 Å². The number of carbonyl (C=O) groups is 1. The number of benzene rings is 1. The largest absolute Gasteiger partial charge is 0.466 e. The maximum absolute atomic E-state index is 12.1. The van der Waals surface area contributed by atoms with Crippen LogP contribution in [-0.4, -0.2) is 22.1 Å². The average molecular weight is 246 g/mol. The van der Waals surface area contributed by atoms with Crippen LogP contribution in [0, 0.1) is 0 Å². The lowest BCUT2D eigenvalue weighted by Crippen LogP contribution is -2.21. The number of rotatable bonds is 4. The summed E-state index contributed by atoms with van der Waals surface area (Å²) in [5.41, 5.74) is 0.627. The van der Waals surface area contributed by atoms with Gasteiger partial charge in [-0.25, -0.2) is 4.98 Å². The van der Waals surface area contributed by atoms with Crippen molar-refractivity contribution in [2.24, 2.45) is 0 Å². The number of para-hydroxylation sites is 1. The second-order valence-corrected chi connectivity index (χ2v) is 3.95. The summed E-state index contributed by atoms with van der Waals surface area (Å²) in [5, 5.41) is 0.604. The Morgan fingerprint density at radius 3 is 2.94 bits per heavy atom. The zero-order valence-corrected chi connectivity index (χ0v) is 10.1. The van der Waals surface area contributed by atoms with Gasteiger partial charge in [-0.1, -0.05) is 12.1 Å². The second kappa shape index (κ2) is 5.44. The van der Waals surface area contributed by atoms with Crippen molar-refractivity contribution in [1.82, 2.24) is 9.55 Å². The van der Waals surface area contributed by atoms with Crippen LogP contribution in [0.5, 0.6) is 0 Å². The number of aryl methyl sites for hydroxylation is 1. The lowest BCUT2D eigenvalue weighted by molar-refractivity contribution is -0.141. The Labute approximate surface area is 104 Å². The van der Waals surface area contributed by atoms with E-state index in [1.807, 2.05) is 12.1 Å². The molecule has 0 amide bonds. The van der Waals surface area contributed by atoms with Crippen molar-refractivity contribution < 1.29 is 9.53 Å². The minimum atomic E-state index is -0.306. The molecule has 1 aromatic heterocycles. The first-order valence-corrected chi connectivity index (χ1v) is 5.76. The summed E-state index contributed by atoms with van der Waals surface area (Å²) in [6, 6.07) is 7.22. The van der Waals surface area contributed by atoms with E-state index in [1.54, 1.807) is 12.1 Å². The van der Waals surface area contributed by atoms with Gasteiger partial charge in [0.1, 0.15) is 0 Å². The van der Waals surface area contributed by atoms with Gasteiger partial charge in [-0.05, 0) is 18.6 Å². The van der Waals surface area contributed by atoms with Crippen molar-refractivity contribution in [3.8, 4) is 0 Å². The van der Waals surface area contributed by atoms with Crippen LogP contribution in [0.3, 0.4) is 0 Å². The molecule has 0 saturated carbocycles. The van der Waals surface area contributed by atoms with E-state index in [0.717, 1.165) is 0 Å². The number of esters is 1. The Morgan fingerprint density at radius 2 is 2.17 bits per heavy atom. The molecule has 0 bridgehead atoms. The Morgan fingerprint density at radius 1 is 1.39 bits per heavy atom. The van der Waals surface area contributed by atoms with E-state index >= 15 is 0 Å². The highest BCUT2D eigenvalue weighted by molar-refractivity contribution is 5.76. The molecule has 2 aromatic rings. The van der Waals surface area contributed by atoms with Gasteiger partial charge in [0.05, 0.1) is 23.8 Å². The number of hydrogen-bond donors (Lipinski definition) is 0. The Hall–Kier alpha value is -2.17. The quantitative estimate of drug-likeness (QED) is 0.603. The molecule has 0 N–H and O–H groups in total. The smallest absolute Gasteiger partial charge is 0.302 e. The summed E-state index contributed by atoms with van der Waals surface area (Å²) in [4.78, 5) is 26.9. The summed E-state index contributed by atoms with van der Waals surface area (Å²) in [5.74, 6) is -0.306. The Balaban J connectivity index is 2.12. The highest BCUT2D eigenvalue weighted by atomic mass is 16.5. The molecule has 1 heterocycles. The zero-order valence-electron chi connectivity index (χ0n) is 10.1. The summed E-state index contributed by atoms with van der Waals surface area (Å²) in [6.45, 7) is 2.17. The van der Waals surface area contributed by atoms with Gasteiger partial charge < -0.3 is 4.74 Å². The van der Waals surface area contributed by atoms with E-state index < -0.39 is 0 Å². The van der Waals surface area contributed by atoms with Crippen LogP contribution in [0.25, 0.3) is 10.9 Å². The lowest BCUT2D eigenvalue weighted by Gasteiger charge is -2.06. The molecule has 5 heteroatoms. The van der Waals surface area contributed by atoms with Crippen molar-refractivity contribution in [3.05, 3.63) is 40.9 Å². The summed E-state index contributed by atoms with van der Waals surface area (Å²) in [6.07, 6.45) is 2.12. The molecule has 0 fully saturated rings. The Kier molecular flexibility index (Phi) is 3.72. The molecule has 0 radical (unpaired) electrons. The molecule has 0 aliphatic heterocycles. The number of carbonyl (C=O) groups excluding carboxylic acids is 1. The third-order valence-electron chi connectivity index (χ3n) is 2.58. The molecule has 18 heavy (non-hydrogen) atoms. The molecule has 94 valence electrons. The maximum atomic E-state index is 12.1. The topological polar surface area (TPSA) is 61.2 Å². The van der Waals surface area contributed by atoms with E-state index in [2.05, 4.69) is 4.98 Å². The fraction of sp³-hybridized carbons (Fsp3) is 0.308. The first-order valence-electron chi connectivity index (χ1n) is 5.76. The molecule has 0 unspecified atom stereocenters. The second-order valence-electron chi connectivity index (χ2n) is 3.95. The first-order chi connectivity index (χ1) is 8.68. The summed E-state index contributed by atoms with van der Waals surface area (Å²) < 4.78 is 6.35. The van der Waals surface area contributed by atoms with Crippen LogP contribution in [0.2, 0.25) is 0 Å². The number of ether oxygens (including phenoxy) is 1. The predicted molar refractivity (Wildman–Crippen MR) is 67.3 cm³/mol. The molecule has 5 nitrogen and oxygen atoms in total. The van der Waals surface area contributed by atoms with Crippen LogP contribution < -0.4 is 5.56 Å². The molecule has 0 atom stereocenters. The molecule has 0 spiro atoms. The van der Waals surface area contributed by atoms with Crippen molar-refractivity contribution >= 4 is 16.9 Å². The molecule has 1 aromatic carbocycles. The van der Waals surface area contributed by atoms with Crippen LogP contribution in [0.1, 0.15) is 13.3 Å². The van der Waals surface area contributed by atoms with Crippen LogP contribution in [-0.2, 0) is 16.1 Å². The highest BCUT2D eigenvalue weighted by Crippen LogP contribution is 2.04. The molecular weight excluding hydrogens is 232 g/mol. The highest BCUT2D eigenvalue weighted by Gasteiger charge is 2.03. The molecular formula is C13H14N2O3. The zero-order chi connectivity index (χ0) is 13.0. The van der Waals surface area contributed by atoms with E-state index in [9.17, 15) is 9.59 Å². The maximum Gasteiger partial charge on any atom is 0.302 e. The van der Waals surface area contributed by atoms with E-state index in [0.29, 0.717) is 30.5 Å². The minimum absolute atomic E-state index is 0.0663. The average Bonchev–Trinajstić information content (AvgIpc) is 2.37. The third-order valence-corrected chi connectivity index (χ3v) is 2.58. The number of fused-ring (bicyclic) bond motifs is 1. The van der Waals surface area contributed by atoms with Gasteiger partial charge in [0, 0.05) is 13.5 Å². The normalized spacial score (nSPS) is 10.5. The van der Waals surface area contributed by atoms with Gasteiger partial charge in [0.15, 0.2) is 0 Å². The Bertz CT molecular complexity index is 619. The molecule has 0 aliphatic carbocycles. The molecule has 0 aliphatic rings. The lowest BCUT2D eigenvalue weighted by atomic mass is 10.2. The van der Waals surface area contributed by atoms with E-state index in [4.69, 9.17) is 4.74 Å². The van der Waals surface area contributed by atoms with Crippen molar-refractivity contribution in [2.45, 2.75) is 19.9 Å². The monoisotopic (exact) mass is 246 g/mol. The fourth-order valence-electron chi connectivity index (χ4n) is 1.72. The summed E-state index contributed by atoms with van der Waals surface area (Å²) in [7, 11) is 0. The van der Waals surface area contributed by atoms with Crippen LogP contribution >= 0.6 is 0 Å². The standard InChI is InChI=1S/C13H14N2O3/c1-10(16)18-8-4-7-15-9-14-12-6-3-2-5-11(12)13(15)17/h2-3,5-6,9H,4,7-8H2,1H3. The van der Waals surface area contributed by atoms with Gasteiger partial charge in [-0.3, -0.25) is 14.2 Å². The fourth-order valence-corrected chi connectivity index (χ4v) is 1.72. The van der Waals surface area contributed by atoms with E-state index in [1.165, 1.54) is 17.8 Å². The SMILES string of the molecule is CC(=O)OCCCn1cnc2ccccc2c1=O. The van der Waals surface area contributed by atoms with Crippen molar-refractivity contribution in [2.75, 3.05) is 6.61 Å². The van der Waals surface area contributed by atoms with Gasteiger partial charge >= 0.3 is 5.97 Å². The van der Waals surface area contributed by atoms with Crippen LogP contribution in [0.4, 0.5) is 0 Å². The van der Waals surface area contributed by atoms with Gasteiger partial charge in [-0.15, -0.1) is 0 Å². The molecule has 2 rings (SSSR count).